The molecule has 1 aromatic carbocycles. The average Bonchev–Trinajstić information content (AvgIpc) is 2.16. The van der Waals surface area contributed by atoms with Gasteiger partial charge < -0.3 is 11.5 Å². The van der Waals surface area contributed by atoms with Crippen LogP contribution in [0.1, 0.15) is 5.56 Å². The van der Waals surface area contributed by atoms with Crippen molar-refractivity contribution < 1.29 is 14.1 Å². The van der Waals surface area contributed by atoms with Crippen LogP contribution < -0.4 is 11.5 Å². The first-order valence-electron chi connectivity index (χ1n) is 4.39. The Hall–Kier alpha value is -2.02. The summed E-state index contributed by atoms with van der Waals surface area (Å²) in [5.41, 5.74) is 10.2. The number of nitrogens with zero attached hydrogens (tertiary/aromatic N) is 1. The van der Waals surface area contributed by atoms with Crippen LogP contribution in [0, 0.1) is 15.9 Å². The summed E-state index contributed by atoms with van der Waals surface area (Å²) in [6, 6.07) is 2.04. The van der Waals surface area contributed by atoms with E-state index < -0.39 is 22.7 Å². The van der Waals surface area contributed by atoms with Crippen molar-refractivity contribution in [3.63, 3.8) is 0 Å². The first kappa shape index (κ1) is 12.1. The summed E-state index contributed by atoms with van der Waals surface area (Å²) >= 11 is 0. The molecule has 16 heavy (non-hydrogen) atoms. The number of nitro groups is 1. The zero-order valence-electron chi connectivity index (χ0n) is 8.22. The van der Waals surface area contributed by atoms with Crippen LogP contribution >= 0.6 is 0 Å². The number of hydrogen-bond donors (Lipinski definition) is 2. The van der Waals surface area contributed by atoms with Crippen LogP contribution in [0.5, 0.6) is 0 Å². The van der Waals surface area contributed by atoms with Gasteiger partial charge in [0.05, 0.1) is 17.0 Å². The number of non-ortho nitro benzene ring substituents is 1. The van der Waals surface area contributed by atoms with E-state index in [1.165, 1.54) is 0 Å². The lowest BCUT2D eigenvalue weighted by Crippen LogP contribution is -2.38. The molecule has 0 saturated heterocycles. The fourth-order valence-corrected chi connectivity index (χ4v) is 1.21. The molecule has 0 radical (unpaired) electrons. The second-order valence-electron chi connectivity index (χ2n) is 3.29. The predicted octanol–water partition coefficient (Wildman–Crippen LogP) is 0.0890. The third-order valence-electron chi connectivity index (χ3n) is 1.97. The summed E-state index contributed by atoms with van der Waals surface area (Å²) in [5, 5.41) is 10.4. The van der Waals surface area contributed by atoms with Gasteiger partial charge in [0.15, 0.2) is 0 Å². The van der Waals surface area contributed by atoms with Crippen LogP contribution in [-0.4, -0.2) is 16.9 Å². The van der Waals surface area contributed by atoms with Gasteiger partial charge in [0.25, 0.3) is 5.69 Å². The van der Waals surface area contributed by atoms with E-state index in [0.717, 1.165) is 18.2 Å². The molecule has 0 aliphatic heterocycles. The minimum absolute atomic E-state index is 0.0338. The largest absolute Gasteiger partial charge is 0.368 e. The molecule has 1 atom stereocenters. The molecule has 0 saturated carbocycles. The summed E-state index contributed by atoms with van der Waals surface area (Å²) in [6.45, 7) is 0. The number of nitro benzene ring substituents is 1. The number of carbonyl (C=O) groups is 1. The molecule has 1 rings (SSSR count). The number of hydrogen-bond acceptors (Lipinski definition) is 4. The zero-order chi connectivity index (χ0) is 12.3. The highest BCUT2D eigenvalue weighted by Gasteiger charge is 2.14. The van der Waals surface area contributed by atoms with Gasteiger partial charge in [-0.25, -0.2) is 4.39 Å². The second kappa shape index (κ2) is 4.67. The predicted molar refractivity (Wildman–Crippen MR) is 53.9 cm³/mol. The Labute approximate surface area is 90.2 Å². The Bertz CT molecular complexity index is 436. The topological polar surface area (TPSA) is 112 Å². The summed E-state index contributed by atoms with van der Waals surface area (Å²) in [6.07, 6.45) is -0.0338. The van der Waals surface area contributed by atoms with Crippen LogP contribution in [0.3, 0.4) is 0 Å². The van der Waals surface area contributed by atoms with Gasteiger partial charge in [-0.3, -0.25) is 14.9 Å². The molecule has 0 aromatic heterocycles. The quantitative estimate of drug-likeness (QED) is 0.560. The first-order valence-corrected chi connectivity index (χ1v) is 4.39. The molecule has 0 aliphatic rings. The zero-order valence-corrected chi connectivity index (χ0v) is 8.22. The maximum absolute atomic E-state index is 13.0. The average molecular weight is 227 g/mol. The Morgan fingerprint density at radius 3 is 2.62 bits per heavy atom. The van der Waals surface area contributed by atoms with Gasteiger partial charge in [0, 0.05) is 6.07 Å². The number of benzene rings is 1. The van der Waals surface area contributed by atoms with E-state index in [2.05, 4.69) is 0 Å². The van der Waals surface area contributed by atoms with Gasteiger partial charge in [-0.15, -0.1) is 0 Å². The number of rotatable bonds is 4. The normalized spacial score (nSPS) is 12.1. The highest BCUT2D eigenvalue weighted by atomic mass is 19.1. The van der Waals surface area contributed by atoms with Crippen LogP contribution in [0.4, 0.5) is 10.1 Å². The van der Waals surface area contributed by atoms with E-state index in [4.69, 9.17) is 11.5 Å². The summed E-state index contributed by atoms with van der Waals surface area (Å²) in [4.78, 5) is 20.4. The molecule has 86 valence electrons. The summed E-state index contributed by atoms with van der Waals surface area (Å²) < 4.78 is 13.0. The first-order chi connectivity index (χ1) is 7.40. The van der Waals surface area contributed by atoms with Gasteiger partial charge in [-0.2, -0.15) is 0 Å². The van der Waals surface area contributed by atoms with Gasteiger partial charge >= 0.3 is 0 Å². The lowest BCUT2D eigenvalue weighted by molar-refractivity contribution is -0.385. The standard InChI is InChI=1S/C9H10FN3O3/c10-6-1-5(3-8(11)9(12)14)2-7(4-6)13(15)16/h1-2,4,8H,3,11H2,(H2,12,14). The minimum atomic E-state index is -0.985. The molecule has 0 heterocycles. The van der Waals surface area contributed by atoms with Crippen LogP contribution in [0.15, 0.2) is 18.2 Å². The van der Waals surface area contributed by atoms with Crippen molar-refractivity contribution in [2.24, 2.45) is 11.5 Å². The van der Waals surface area contributed by atoms with Crippen LogP contribution in [0.25, 0.3) is 0 Å². The highest BCUT2D eigenvalue weighted by Crippen LogP contribution is 2.17. The number of amides is 1. The molecule has 7 heteroatoms. The summed E-state index contributed by atoms with van der Waals surface area (Å²) in [7, 11) is 0. The molecule has 0 bridgehead atoms. The molecule has 0 spiro atoms. The molecule has 4 N–H and O–H groups in total. The van der Waals surface area contributed by atoms with Crippen molar-refractivity contribution in [2.75, 3.05) is 0 Å². The van der Waals surface area contributed by atoms with Crippen molar-refractivity contribution >= 4 is 11.6 Å². The molecule has 6 nitrogen and oxygen atoms in total. The van der Waals surface area contributed by atoms with E-state index in [1.807, 2.05) is 0 Å². The maximum Gasteiger partial charge on any atom is 0.272 e. The Morgan fingerprint density at radius 1 is 1.50 bits per heavy atom. The monoisotopic (exact) mass is 227 g/mol. The molecule has 0 fully saturated rings. The van der Waals surface area contributed by atoms with Crippen LogP contribution in [0.2, 0.25) is 0 Å². The van der Waals surface area contributed by atoms with Crippen molar-refractivity contribution in [1.82, 2.24) is 0 Å². The van der Waals surface area contributed by atoms with Gasteiger partial charge in [0.1, 0.15) is 5.82 Å². The van der Waals surface area contributed by atoms with Gasteiger partial charge in [-0.1, -0.05) is 0 Å². The Kier molecular flexibility index (Phi) is 3.51. The van der Waals surface area contributed by atoms with Crippen molar-refractivity contribution in [3.05, 3.63) is 39.7 Å². The highest BCUT2D eigenvalue weighted by molar-refractivity contribution is 5.79. The van der Waals surface area contributed by atoms with Crippen molar-refractivity contribution in [2.45, 2.75) is 12.5 Å². The van der Waals surface area contributed by atoms with E-state index >= 15 is 0 Å². The smallest absolute Gasteiger partial charge is 0.272 e. The fourth-order valence-electron chi connectivity index (χ4n) is 1.21. The minimum Gasteiger partial charge on any atom is -0.368 e. The van der Waals surface area contributed by atoms with Gasteiger partial charge in [0.2, 0.25) is 5.91 Å². The number of carbonyl (C=O) groups excluding carboxylic acids is 1. The summed E-state index contributed by atoms with van der Waals surface area (Å²) in [5.74, 6) is -1.49. The lowest BCUT2D eigenvalue weighted by Gasteiger charge is -2.07. The third-order valence-corrected chi connectivity index (χ3v) is 1.97. The van der Waals surface area contributed by atoms with Crippen molar-refractivity contribution in [3.8, 4) is 0 Å². The Morgan fingerprint density at radius 2 is 2.12 bits per heavy atom. The molecule has 1 amide bonds. The van der Waals surface area contributed by atoms with E-state index in [-0.39, 0.29) is 17.7 Å². The van der Waals surface area contributed by atoms with Crippen molar-refractivity contribution in [1.29, 1.82) is 0 Å². The molecular formula is C9H10FN3O3. The molecule has 1 aromatic rings. The number of nitrogens with two attached hydrogens (primary N) is 2. The van der Waals surface area contributed by atoms with E-state index in [0.29, 0.717) is 0 Å². The number of primary amides is 1. The van der Waals surface area contributed by atoms with E-state index in [1.54, 1.807) is 0 Å². The second-order valence-corrected chi connectivity index (χ2v) is 3.29. The Balaban J connectivity index is 2.97. The number of halogens is 1. The fraction of sp³-hybridized carbons (Fsp3) is 0.222. The van der Waals surface area contributed by atoms with E-state index in [9.17, 15) is 19.3 Å². The maximum atomic E-state index is 13.0. The molecule has 0 aliphatic carbocycles. The van der Waals surface area contributed by atoms with Crippen LogP contribution in [-0.2, 0) is 11.2 Å². The SMILES string of the molecule is NC(=O)C(N)Cc1cc(F)cc([N+](=O)[O-])c1. The lowest BCUT2D eigenvalue weighted by atomic mass is 10.1. The molecule has 1 unspecified atom stereocenters. The van der Waals surface area contributed by atoms with Gasteiger partial charge in [-0.05, 0) is 18.1 Å². The molecular weight excluding hydrogens is 217 g/mol. The third kappa shape index (κ3) is 2.99.